The highest BCUT2D eigenvalue weighted by molar-refractivity contribution is 7.15. The number of halogens is 2. The van der Waals surface area contributed by atoms with Gasteiger partial charge in [0.15, 0.2) is 5.82 Å². The molecule has 9 nitrogen and oxygen atoms in total. The Labute approximate surface area is 247 Å². The minimum Gasteiger partial charge on any atom is -0.444 e. The van der Waals surface area contributed by atoms with Crippen molar-refractivity contribution in [2.45, 2.75) is 58.0 Å². The summed E-state index contributed by atoms with van der Waals surface area (Å²) in [6.07, 6.45) is 3.99. The first kappa shape index (κ1) is 29.2. The van der Waals surface area contributed by atoms with Crippen LogP contribution in [0.4, 0.5) is 14.9 Å². The van der Waals surface area contributed by atoms with E-state index in [4.69, 9.17) is 27.1 Å². The molecule has 2 aliphatic rings. The molecule has 3 aromatic rings. The molecule has 2 aliphatic heterocycles. The van der Waals surface area contributed by atoms with Gasteiger partial charge in [-0.15, -0.1) is 11.3 Å². The quantitative estimate of drug-likeness (QED) is 0.289. The molecule has 0 saturated carbocycles. The predicted molar refractivity (Wildman–Crippen MR) is 157 cm³/mol. The molecule has 0 unspecified atom stereocenters. The second-order valence-corrected chi connectivity index (χ2v) is 12.9. The molecule has 5 rings (SSSR count). The fraction of sp³-hybridized carbons (Fsp3) is 0.483. The number of ether oxygens (including phenoxy) is 1. The van der Waals surface area contributed by atoms with Crippen molar-refractivity contribution in [3.8, 4) is 21.8 Å². The molecule has 41 heavy (non-hydrogen) atoms. The molecule has 2 N–H and O–H groups in total. The van der Waals surface area contributed by atoms with Gasteiger partial charge in [-0.05, 0) is 76.3 Å². The lowest BCUT2D eigenvalue weighted by molar-refractivity contribution is -0.138. The van der Waals surface area contributed by atoms with E-state index in [1.54, 1.807) is 29.3 Å². The fourth-order valence-electron chi connectivity index (χ4n) is 5.30. The van der Waals surface area contributed by atoms with Crippen molar-refractivity contribution in [2.75, 3.05) is 31.9 Å². The number of nitrogen functional groups attached to an aromatic ring is 1. The lowest BCUT2D eigenvalue weighted by Gasteiger charge is -2.37. The molecule has 2 aromatic heterocycles. The number of aromatic nitrogens is 3. The Kier molecular flexibility index (Phi) is 8.47. The van der Waals surface area contributed by atoms with E-state index in [9.17, 15) is 9.59 Å². The molecule has 0 radical (unpaired) electrons. The Morgan fingerprint density at radius 1 is 1.05 bits per heavy atom. The molecule has 2 fully saturated rings. The highest BCUT2D eigenvalue weighted by Gasteiger charge is 2.34. The molecular formula is C29H34ClFN6O3S. The maximum absolute atomic E-state index is 15.1. The average Bonchev–Trinajstić information content (AvgIpc) is 3.39. The van der Waals surface area contributed by atoms with Crippen molar-refractivity contribution in [3.05, 3.63) is 46.6 Å². The number of hydrogen-bond donors (Lipinski definition) is 1. The maximum Gasteiger partial charge on any atom is 0.410 e. The molecule has 0 aliphatic carbocycles. The van der Waals surface area contributed by atoms with Crippen LogP contribution in [0.5, 0.6) is 0 Å². The number of hydrogen-bond acceptors (Lipinski definition) is 8. The first-order valence-corrected chi connectivity index (χ1v) is 15.0. The Morgan fingerprint density at radius 2 is 1.73 bits per heavy atom. The third kappa shape index (κ3) is 6.62. The molecule has 4 heterocycles. The van der Waals surface area contributed by atoms with Crippen LogP contribution in [0.2, 0.25) is 5.28 Å². The van der Waals surface area contributed by atoms with E-state index >= 15 is 4.39 Å². The van der Waals surface area contributed by atoms with E-state index in [0.717, 1.165) is 17.8 Å². The van der Waals surface area contributed by atoms with E-state index in [-0.39, 0.29) is 34.8 Å². The SMILES string of the molecule is CC(C)(C)OC(=O)N1CCC(C(=O)N2CCC(c3nc(-c4cccc(N)c4F)c(-c4ccnc(Cl)n4)s3)CC2)CC1. The van der Waals surface area contributed by atoms with E-state index in [1.165, 1.54) is 17.4 Å². The van der Waals surface area contributed by atoms with Gasteiger partial charge in [-0.1, -0.05) is 6.07 Å². The number of benzene rings is 1. The second-order valence-electron chi connectivity index (χ2n) is 11.5. The van der Waals surface area contributed by atoms with Crippen LogP contribution in [0.15, 0.2) is 30.5 Å². The van der Waals surface area contributed by atoms with Crippen molar-refractivity contribution in [2.24, 2.45) is 5.92 Å². The number of carbonyl (C=O) groups excluding carboxylic acids is 2. The van der Waals surface area contributed by atoms with E-state index in [0.29, 0.717) is 60.8 Å². The summed E-state index contributed by atoms with van der Waals surface area (Å²) in [6, 6.07) is 6.60. The minimum absolute atomic E-state index is 0.0486. The van der Waals surface area contributed by atoms with E-state index < -0.39 is 11.4 Å². The van der Waals surface area contributed by atoms with Crippen LogP contribution in [0.1, 0.15) is 57.4 Å². The Hall–Kier alpha value is -3.31. The summed E-state index contributed by atoms with van der Waals surface area (Å²) in [5, 5.41) is 0.963. The second kappa shape index (κ2) is 11.9. The number of amides is 2. The number of nitrogens with zero attached hydrogens (tertiary/aromatic N) is 5. The van der Waals surface area contributed by atoms with Crippen molar-refractivity contribution in [3.63, 3.8) is 0 Å². The van der Waals surface area contributed by atoms with Crippen LogP contribution < -0.4 is 5.73 Å². The van der Waals surface area contributed by atoms with Crippen molar-refractivity contribution in [1.82, 2.24) is 24.8 Å². The summed E-state index contributed by atoms with van der Waals surface area (Å²) in [5.41, 5.74) is 6.71. The molecule has 12 heteroatoms. The van der Waals surface area contributed by atoms with Gasteiger partial charge >= 0.3 is 6.09 Å². The number of likely N-dealkylation sites (tertiary alicyclic amines) is 2. The predicted octanol–water partition coefficient (Wildman–Crippen LogP) is 5.99. The minimum atomic E-state index is -0.544. The summed E-state index contributed by atoms with van der Waals surface area (Å²) in [6.45, 7) is 7.80. The van der Waals surface area contributed by atoms with Crippen LogP contribution in [0.3, 0.4) is 0 Å². The van der Waals surface area contributed by atoms with Crippen LogP contribution in [-0.4, -0.2) is 68.5 Å². The van der Waals surface area contributed by atoms with Gasteiger partial charge in [0.2, 0.25) is 11.2 Å². The van der Waals surface area contributed by atoms with Gasteiger partial charge in [0.05, 0.1) is 27.0 Å². The van der Waals surface area contributed by atoms with Gasteiger partial charge in [-0.25, -0.2) is 24.1 Å². The van der Waals surface area contributed by atoms with E-state index in [1.807, 2.05) is 25.7 Å². The third-order valence-electron chi connectivity index (χ3n) is 7.44. The molecule has 1 aromatic carbocycles. The van der Waals surface area contributed by atoms with Gasteiger partial charge in [0, 0.05) is 49.8 Å². The molecule has 0 bridgehead atoms. The zero-order chi connectivity index (χ0) is 29.3. The number of rotatable bonds is 4. The number of anilines is 1. The number of carbonyl (C=O) groups is 2. The van der Waals surface area contributed by atoms with Gasteiger partial charge in [0.1, 0.15) is 5.60 Å². The molecule has 218 valence electrons. The topological polar surface area (TPSA) is 115 Å². The van der Waals surface area contributed by atoms with Gasteiger partial charge < -0.3 is 20.3 Å². The normalized spacial score (nSPS) is 17.1. The number of thiazole rings is 1. The van der Waals surface area contributed by atoms with Crippen molar-refractivity contribution < 1.29 is 18.7 Å². The lowest BCUT2D eigenvalue weighted by atomic mass is 9.92. The van der Waals surface area contributed by atoms with Crippen molar-refractivity contribution in [1.29, 1.82) is 0 Å². The summed E-state index contributed by atoms with van der Waals surface area (Å²) in [5.74, 6) is -0.363. The highest BCUT2D eigenvalue weighted by atomic mass is 35.5. The fourth-order valence-corrected chi connectivity index (χ4v) is 6.67. The Bertz CT molecular complexity index is 1430. The lowest BCUT2D eigenvalue weighted by Crippen LogP contribution is -2.47. The summed E-state index contributed by atoms with van der Waals surface area (Å²) in [4.78, 5) is 43.2. The average molecular weight is 601 g/mol. The first-order chi connectivity index (χ1) is 19.5. The molecule has 0 atom stereocenters. The molecule has 0 spiro atoms. The monoisotopic (exact) mass is 600 g/mol. The van der Waals surface area contributed by atoms with Gasteiger partial charge in [-0.2, -0.15) is 0 Å². The van der Waals surface area contributed by atoms with Crippen LogP contribution >= 0.6 is 22.9 Å². The zero-order valence-corrected chi connectivity index (χ0v) is 25.0. The standard InChI is InChI=1S/C29H34ClFN6O3S/c1-29(2,3)40-28(39)37-15-10-18(11-16-37)26(38)36-13-8-17(9-14-36)25-35-23(19-5-4-6-20(32)22(19)31)24(41-25)21-7-12-33-27(30)34-21/h4-7,12,17-18H,8-11,13-16,32H2,1-3H3. The largest absolute Gasteiger partial charge is 0.444 e. The van der Waals surface area contributed by atoms with Crippen LogP contribution in [0, 0.1) is 11.7 Å². The summed E-state index contributed by atoms with van der Waals surface area (Å²) >= 11 is 7.53. The maximum atomic E-state index is 15.1. The Morgan fingerprint density at radius 3 is 2.39 bits per heavy atom. The highest BCUT2D eigenvalue weighted by Crippen LogP contribution is 2.42. The summed E-state index contributed by atoms with van der Waals surface area (Å²) < 4.78 is 20.6. The molecule has 2 amide bonds. The van der Waals surface area contributed by atoms with Crippen LogP contribution in [0.25, 0.3) is 21.8 Å². The Balaban J connectivity index is 1.26. The summed E-state index contributed by atoms with van der Waals surface area (Å²) in [7, 11) is 0. The van der Waals surface area contributed by atoms with E-state index in [2.05, 4.69) is 9.97 Å². The van der Waals surface area contributed by atoms with Crippen molar-refractivity contribution >= 4 is 40.6 Å². The smallest absolute Gasteiger partial charge is 0.410 e. The molecule has 2 saturated heterocycles. The van der Waals surface area contributed by atoms with Crippen LogP contribution in [-0.2, 0) is 9.53 Å². The molecular weight excluding hydrogens is 567 g/mol. The third-order valence-corrected chi connectivity index (χ3v) is 8.86. The number of piperidine rings is 2. The first-order valence-electron chi connectivity index (χ1n) is 13.8. The van der Waals surface area contributed by atoms with Gasteiger partial charge in [0.25, 0.3) is 0 Å². The number of nitrogens with two attached hydrogens (primary N) is 1. The van der Waals surface area contributed by atoms with Gasteiger partial charge in [-0.3, -0.25) is 4.79 Å². The zero-order valence-electron chi connectivity index (χ0n) is 23.4.